The third-order valence-electron chi connectivity index (χ3n) is 1.84. The number of halogens is 3. The molecule has 1 atom stereocenters. The number of hydrogen-bond acceptors (Lipinski definition) is 2. The Hall–Kier alpha value is -0.710. The first kappa shape index (κ1) is 13.3. The zero-order valence-electron chi connectivity index (χ0n) is 7.54. The van der Waals surface area contributed by atoms with Crippen molar-refractivity contribution in [1.82, 2.24) is 0 Å². The van der Waals surface area contributed by atoms with E-state index in [0.29, 0.717) is 18.5 Å². The minimum Gasteiger partial charge on any atom is -0.330 e. The Morgan fingerprint density at radius 3 is 2.43 bits per heavy atom. The number of nitrogens with two attached hydrogens (primary N) is 2. The Kier molecular flexibility index (Phi) is 5.60. The van der Waals surface area contributed by atoms with Crippen LogP contribution in [0.1, 0.15) is 18.0 Å². The van der Waals surface area contributed by atoms with Crippen LogP contribution in [0, 0.1) is 11.6 Å². The van der Waals surface area contributed by atoms with E-state index >= 15 is 0 Å². The van der Waals surface area contributed by atoms with Gasteiger partial charge in [-0.3, -0.25) is 0 Å². The molecule has 5 heteroatoms. The molecule has 14 heavy (non-hydrogen) atoms. The summed E-state index contributed by atoms with van der Waals surface area (Å²) in [6.07, 6.45) is 0.489. The molecule has 0 heterocycles. The molecule has 2 nitrogen and oxygen atoms in total. The molecule has 0 spiro atoms. The van der Waals surface area contributed by atoms with E-state index in [1.807, 2.05) is 0 Å². The second-order valence-corrected chi connectivity index (χ2v) is 2.85. The maximum absolute atomic E-state index is 13.1. The molecule has 1 aromatic carbocycles. The largest absolute Gasteiger partial charge is 0.330 e. The topological polar surface area (TPSA) is 52.0 Å². The summed E-state index contributed by atoms with van der Waals surface area (Å²) < 4.78 is 25.6. The van der Waals surface area contributed by atoms with E-state index < -0.39 is 17.7 Å². The van der Waals surface area contributed by atoms with Gasteiger partial charge in [-0.05, 0) is 19.0 Å². The zero-order chi connectivity index (χ0) is 9.84. The molecule has 0 saturated heterocycles. The molecule has 0 aliphatic rings. The highest BCUT2D eigenvalue weighted by Crippen LogP contribution is 2.17. The summed E-state index contributed by atoms with van der Waals surface area (Å²) in [6, 6.07) is 2.91. The Balaban J connectivity index is 0.00000169. The van der Waals surface area contributed by atoms with E-state index in [2.05, 4.69) is 0 Å². The van der Waals surface area contributed by atoms with Crippen LogP contribution in [0.25, 0.3) is 0 Å². The van der Waals surface area contributed by atoms with Crippen molar-refractivity contribution in [2.24, 2.45) is 11.5 Å². The van der Waals surface area contributed by atoms with Crippen LogP contribution in [0.2, 0.25) is 0 Å². The molecule has 0 saturated carbocycles. The van der Waals surface area contributed by atoms with Gasteiger partial charge in [0, 0.05) is 17.7 Å². The van der Waals surface area contributed by atoms with Crippen molar-refractivity contribution in [1.29, 1.82) is 0 Å². The molecule has 0 aliphatic heterocycles. The van der Waals surface area contributed by atoms with Gasteiger partial charge < -0.3 is 11.5 Å². The molecular formula is C9H13ClF2N2. The van der Waals surface area contributed by atoms with Gasteiger partial charge >= 0.3 is 0 Å². The minimum absolute atomic E-state index is 0. The lowest BCUT2D eigenvalue weighted by atomic mass is 10.0. The summed E-state index contributed by atoms with van der Waals surface area (Å²) in [7, 11) is 0. The van der Waals surface area contributed by atoms with Gasteiger partial charge in [-0.1, -0.05) is 6.07 Å². The molecule has 0 aliphatic carbocycles. The van der Waals surface area contributed by atoms with E-state index in [0.717, 1.165) is 6.07 Å². The van der Waals surface area contributed by atoms with Gasteiger partial charge in [0.1, 0.15) is 11.6 Å². The summed E-state index contributed by atoms with van der Waals surface area (Å²) in [4.78, 5) is 0. The standard InChI is InChI=1S/C9H12F2N2.ClH/c10-6-1-2-7(8(11)5-6)9(13)3-4-12;/h1-2,5,9H,3-4,12-13H2;1H/t9-;/m1./s1. The highest BCUT2D eigenvalue weighted by molar-refractivity contribution is 5.85. The van der Waals surface area contributed by atoms with Crippen molar-refractivity contribution in [2.75, 3.05) is 6.54 Å². The van der Waals surface area contributed by atoms with Crippen LogP contribution in [0.15, 0.2) is 18.2 Å². The highest BCUT2D eigenvalue weighted by Gasteiger charge is 2.10. The lowest BCUT2D eigenvalue weighted by molar-refractivity contribution is 0.546. The summed E-state index contributed by atoms with van der Waals surface area (Å²) >= 11 is 0. The summed E-state index contributed by atoms with van der Waals surface area (Å²) in [5.41, 5.74) is 11.2. The number of hydrogen-bond donors (Lipinski definition) is 2. The second kappa shape index (κ2) is 5.90. The van der Waals surface area contributed by atoms with Gasteiger partial charge in [0.05, 0.1) is 0 Å². The maximum Gasteiger partial charge on any atom is 0.130 e. The molecule has 4 N–H and O–H groups in total. The average molecular weight is 223 g/mol. The second-order valence-electron chi connectivity index (χ2n) is 2.85. The third-order valence-corrected chi connectivity index (χ3v) is 1.84. The Labute approximate surface area is 87.7 Å². The first-order valence-electron chi connectivity index (χ1n) is 4.05. The van der Waals surface area contributed by atoms with Crippen molar-refractivity contribution < 1.29 is 8.78 Å². The van der Waals surface area contributed by atoms with Crippen molar-refractivity contribution in [3.63, 3.8) is 0 Å². The van der Waals surface area contributed by atoms with E-state index in [1.165, 1.54) is 12.1 Å². The smallest absolute Gasteiger partial charge is 0.130 e. The first-order valence-corrected chi connectivity index (χ1v) is 4.05. The van der Waals surface area contributed by atoms with Gasteiger partial charge in [-0.15, -0.1) is 12.4 Å². The molecule has 1 aromatic rings. The quantitative estimate of drug-likeness (QED) is 0.819. The highest BCUT2D eigenvalue weighted by atomic mass is 35.5. The van der Waals surface area contributed by atoms with Crippen molar-refractivity contribution >= 4 is 12.4 Å². The van der Waals surface area contributed by atoms with Crippen LogP contribution < -0.4 is 11.5 Å². The molecule has 0 bridgehead atoms. The monoisotopic (exact) mass is 222 g/mol. The first-order chi connectivity index (χ1) is 6.15. The molecular weight excluding hydrogens is 210 g/mol. The van der Waals surface area contributed by atoms with Crippen LogP contribution in [-0.4, -0.2) is 6.54 Å². The number of benzene rings is 1. The lowest BCUT2D eigenvalue weighted by Crippen LogP contribution is -2.16. The van der Waals surface area contributed by atoms with Crippen LogP contribution in [0.5, 0.6) is 0 Å². The van der Waals surface area contributed by atoms with Crippen LogP contribution >= 0.6 is 12.4 Å². The SMILES string of the molecule is Cl.NCC[C@@H](N)c1ccc(F)cc1F. The van der Waals surface area contributed by atoms with E-state index in [4.69, 9.17) is 11.5 Å². The minimum atomic E-state index is -0.610. The van der Waals surface area contributed by atoms with Crippen LogP contribution in [-0.2, 0) is 0 Å². The Morgan fingerprint density at radius 2 is 1.93 bits per heavy atom. The van der Waals surface area contributed by atoms with Crippen molar-refractivity contribution in [2.45, 2.75) is 12.5 Å². The summed E-state index contributed by atoms with van der Waals surface area (Å²) in [5, 5.41) is 0. The van der Waals surface area contributed by atoms with Gasteiger partial charge in [0.15, 0.2) is 0 Å². The molecule has 1 rings (SSSR count). The zero-order valence-corrected chi connectivity index (χ0v) is 8.36. The van der Waals surface area contributed by atoms with E-state index in [1.54, 1.807) is 0 Å². The predicted molar refractivity (Wildman–Crippen MR) is 54.2 cm³/mol. The van der Waals surface area contributed by atoms with Crippen molar-refractivity contribution in [3.05, 3.63) is 35.4 Å². The Morgan fingerprint density at radius 1 is 1.29 bits per heavy atom. The molecule has 0 radical (unpaired) electrons. The number of rotatable bonds is 3. The molecule has 0 unspecified atom stereocenters. The van der Waals surface area contributed by atoms with Crippen LogP contribution in [0.3, 0.4) is 0 Å². The molecule has 0 amide bonds. The van der Waals surface area contributed by atoms with Crippen LogP contribution in [0.4, 0.5) is 8.78 Å². The summed E-state index contributed by atoms with van der Waals surface area (Å²) in [6.45, 7) is 0.387. The fourth-order valence-electron chi connectivity index (χ4n) is 1.14. The predicted octanol–water partition coefficient (Wildman–Crippen LogP) is 1.74. The van der Waals surface area contributed by atoms with Gasteiger partial charge in [-0.2, -0.15) is 0 Å². The average Bonchev–Trinajstić information content (AvgIpc) is 2.04. The summed E-state index contributed by atoms with van der Waals surface area (Å²) in [5.74, 6) is -1.21. The fraction of sp³-hybridized carbons (Fsp3) is 0.333. The maximum atomic E-state index is 13.1. The third kappa shape index (κ3) is 3.21. The van der Waals surface area contributed by atoms with E-state index in [-0.39, 0.29) is 12.4 Å². The molecule has 0 aromatic heterocycles. The normalized spacial score (nSPS) is 12.0. The molecule has 80 valence electrons. The lowest BCUT2D eigenvalue weighted by Gasteiger charge is -2.11. The van der Waals surface area contributed by atoms with Gasteiger partial charge in [0.2, 0.25) is 0 Å². The van der Waals surface area contributed by atoms with Crippen molar-refractivity contribution in [3.8, 4) is 0 Å². The van der Waals surface area contributed by atoms with Gasteiger partial charge in [0.25, 0.3) is 0 Å². The molecule has 0 fully saturated rings. The van der Waals surface area contributed by atoms with E-state index in [9.17, 15) is 8.78 Å². The fourth-order valence-corrected chi connectivity index (χ4v) is 1.14. The Bertz CT molecular complexity index is 294. The van der Waals surface area contributed by atoms with Gasteiger partial charge in [-0.25, -0.2) is 8.78 Å².